The summed E-state index contributed by atoms with van der Waals surface area (Å²) >= 11 is 0. The van der Waals surface area contributed by atoms with Gasteiger partial charge in [0.2, 0.25) is 0 Å². The van der Waals surface area contributed by atoms with Gasteiger partial charge in [0.05, 0.1) is 0 Å². The lowest BCUT2D eigenvalue weighted by molar-refractivity contribution is 0.0423. The fraction of sp³-hybridized carbons (Fsp3) is 0.292. The van der Waals surface area contributed by atoms with Crippen molar-refractivity contribution in [1.29, 1.82) is 0 Å². The molecule has 0 spiro atoms. The Hall–Kier alpha value is -5.98. The summed E-state index contributed by atoms with van der Waals surface area (Å²) in [5, 5.41) is 6.05. The van der Waals surface area contributed by atoms with Crippen molar-refractivity contribution in [2.75, 3.05) is 0 Å². The molecule has 4 amide bonds. The lowest BCUT2D eigenvalue weighted by Gasteiger charge is -2.39. The summed E-state index contributed by atoms with van der Waals surface area (Å²) in [7, 11) is 0. The summed E-state index contributed by atoms with van der Waals surface area (Å²) in [6.07, 6.45) is 5.60. The Balaban J connectivity index is 1.48. The van der Waals surface area contributed by atoms with E-state index in [0.717, 1.165) is 43.4 Å². The van der Waals surface area contributed by atoms with E-state index >= 15 is 0 Å². The predicted octanol–water partition coefficient (Wildman–Crippen LogP) is 9.67. The van der Waals surface area contributed by atoms with Gasteiger partial charge in [-0.3, -0.25) is 29.0 Å². The van der Waals surface area contributed by atoms with Gasteiger partial charge in [-0.2, -0.15) is 0 Å². The number of carbonyl (C=O) groups is 4. The molecule has 2 aliphatic heterocycles. The Morgan fingerprint density at radius 3 is 1.31 bits per heavy atom. The van der Waals surface area contributed by atoms with Crippen molar-refractivity contribution in [2.45, 2.75) is 67.5 Å². The summed E-state index contributed by atoms with van der Waals surface area (Å²) in [6, 6.07) is 20.0. The summed E-state index contributed by atoms with van der Waals surface area (Å²) in [5.74, 6) is 8.35. The Morgan fingerprint density at radius 2 is 0.852 bits per heavy atom. The van der Waals surface area contributed by atoms with Crippen molar-refractivity contribution in [3.8, 4) is 24.2 Å². The molecule has 268 valence electrons. The van der Waals surface area contributed by atoms with Crippen molar-refractivity contribution < 1.29 is 19.2 Å². The topological polar surface area (TPSA) is 74.8 Å². The zero-order valence-corrected chi connectivity index (χ0v) is 31.9. The average Bonchev–Trinajstić information content (AvgIpc) is 3.14. The number of nitrogens with zero attached hydrogens (tertiary/aromatic N) is 2. The smallest absolute Gasteiger partial charge is 0.261 e. The van der Waals surface area contributed by atoms with Gasteiger partial charge in [0.15, 0.2) is 0 Å². The van der Waals surface area contributed by atoms with Gasteiger partial charge in [-0.05, 0) is 93.7 Å². The molecule has 2 aliphatic rings. The van der Waals surface area contributed by atoms with Gasteiger partial charge in [0.25, 0.3) is 23.6 Å². The zero-order chi connectivity index (χ0) is 38.5. The van der Waals surface area contributed by atoms with E-state index in [1.807, 2.05) is 122 Å². The number of rotatable bonds is 6. The van der Waals surface area contributed by atoms with E-state index in [-0.39, 0.29) is 59.4 Å². The van der Waals surface area contributed by atoms with Gasteiger partial charge in [-0.1, -0.05) is 91.4 Å². The summed E-state index contributed by atoms with van der Waals surface area (Å²) < 4.78 is 0. The van der Waals surface area contributed by atoms with Crippen LogP contribution >= 0.6 is 0 Å². The van der Waals surface area contributed by atoms with Gasteiger partial charge < -0.3 is 0 Å². The zero-order valence-electron chi connectivity index (χ0n) is 31.9. The number of terminal acetylenes is 1. The van der Waals surface area contributed by atoms with Crippen LogP contribution in [0.1, 0.15) is 114 Å². The first-order valence-electron chi connectivity index (χ1n) is 18.8. The van der Waals surface area contributed by atoms with E-state index in [4.69, 9.17) is 6.42 Å². The third kappa shape index (κ3) is 4.90. The average molecular weight is 711 g/mol. The quantitative estimate of drug-likeness (QED) is 0.0747. The Labute approximate surface area is 315 Å². The predicted molar refractivity (Wildman–Crippen MR) is 216 cm³/mol. The molecule has 54 heavy (non-hydrogen) atoms. The van der Waals surface area contributed by atoms with Crippen molar-refractivity contribution in [1.82, 2.24) is 9.80 Å². The van der Waals surface area contributed by atoms with Gasteiger partial charge in [0.1, 0.15) is 0 Å². The lowest BCUT2D eigenvalue weighted by atomic mass is 9.79. The van der Waals surface area contributed by atoms with Gasteiger partial charge in [-0.15, -0.1) is 6.42 Å². The number of benzene rings is 6. The molecule has 0 radical (unpaired) electrons. The SMILES string of the molecule is C#Cc1ccc(C#Cc2cc3c4c(ccc5c6ccc7c8c(ccc(c2c45)c86)C(=O)N(C(C(C)C)C(C)C)C7=O)C(=O)N(C(C(C)C)C(C)C)C3=O)cc1. The van der Waals surface area contributed by atoms with E-state index in [2.05, 4.69) is 17.8 Å². The molecule has 8 rings (SSSR count). The number of hydrogen-bond acceptors (Lipinski definition) is 4. The van der Waals surface area contributed by atoms with Crippen molar-refractivity contribution in [3.05, 3.63) is 106 Å². The van der Waals surface area contributed by atoms with Crippen molar-refractivity contribution in [3.63, 3.8) is 0 Å². The highest BCUT2D eigenvalue weighted by atomic mass is 16.2. The Bertz CT molecular complexity index is 2690. The maximum atomic E-state index is 14.7. The van der Waals surface area contributed by atoms with Crippen LogP contribution in [0.25, 0.3) is 43.1 Å². The Morgan fingerprint density at radius 1 is 0.444 bits per heavy atom. The molecule has 6 aromatic rings. The van der Waals surface area contributed by atoms with Crippen LogP contribution < -0.4 is 0 Å². The second-order valence-corrected chi connectivity index (χ2v) is 16.2. The fourth-order valence-corrected chi connectivity index (χ4v) is 9.57. The highest BCUT2D eigenvalue weighted by Crippen LogP contribution is 2.48. The normalized spacial score (nSPS) is 14.5. The van der Waals surface area contributed by atoms with Gasteiger partial charge in [-0.25, -0.2) is 0 Å². The third-order valence-corrected chi connectivity index (χ3v) is 11.5. The molecule has 0 N–H and O–H groups in total. The summed E-state index contributed by atoms with van der Waals surface area (Å²) in [6.45, 7) is 16.3. The second-order valence-electron chi connectivity index (χ2n) is 16.2. The maximum Gasteiger partial charge on any atom is 0.261 e. The van der Waals surface area contributed by atoms with E-state index in [0.29, 0.717) is 38.6 Å². The molecular weight excluding hydrogens is 669 g/mol. The molecule has 0 aromatic heterocycles. The minimum atomic E-state index is -0.331. The van der Waals surface area contributed by atoms with E-state index < -0.39 is 0 Å². The third-order valence-electron chi connectivity index (χ3n) is 11.5. The van der Waals surface area contributed by atoms with E-state index in [9.17, 15) is 19.2 Å². The maximum absolute atomic E-state index is 14.7. The highest BCUT2D eigenvalue weighted by molar-refractivity contribution is 6.42. The van der Waals surface area contributed by atoms with Crippen LogP contribution in [0.5, 0.6) is 0 Å². The van der Waals surface area contributed by atoms with Crippen LogP contribution in [-0.2, 0) is 0 Å². The molecular formula is C48H42N2O4. The van der Waals surface area contributed by atoms with Crippen LogP contribution in [-0.4, -0.2) is 45.5 Å². The standard InChI is InChI=1S/C48H42N2O4/c1-10-28-11-13-29(14-12-28)15-16-30-23-37-41-36(47(53)50(48(37)54)44(26(6)7)27(8)9)21-18-32-31-17-20-34-40-35(22-19-33(39(31)40)38(30)42(32)41)46(52)49(45(34)51)43(24(2)3)25(4)5/h1,11-14,17-27,43-44H,2-9H3. The number of imide groups is 2. The molecule has 0 fully saturated rings. The second kappa shape index (κ2) is 12.6. The number of hydrogen-bond donors (Lipinski definition) is 0. The number of fused-ring (bicyclic) bond motifs is 2. The molecule has 6 aromatic carbocycles. The van der Waals surface area contributed by atoms with Crippen LogP contribution in [0, 0.1) is 47.9 Å². The van der Waals surface area contributed by atoms with Crippen molar-refractivity contribution in [2.24, 2.45) is 23.7 Å². The van der Waals surface area contributed by atoms with E-state index in [1.165, 1.54) is 9.80 Å². The first kappa shape index (κ1) is 35.1. The van der Waals surface area contributed by atoms with Gasteiger partial charge in [0, 0.05) is 72.6 Å². The van der Waals surface area contributed by atoms with Crippen molar-refractivity contribution >= 4 is 66.7 Å². The molecule has 0 aliphatic carbocycles. The monoisotopic (exact) mass is 710 g/mol. The lowest BCUT2D eigenvalue weighted by Crippen LogP contribution is -2.51. The van der Waals surface area contributed by atoms with E-state index in [1.54, 1.807) is 0 Å². The molecule has 0 bridgehead atoms. The molecule has 0 atom stereocenters. The molecule has 0 unspecified atom stereocenters. The first-order valence-corrected chi connectivity index (χ1v) is 18.8. The summed E-state index contributed by atoms with van der Waals surface area (Å²) in [5.41, 5.74) is 4.00. The number of carbonyl (C=O) groups excluding carboxylic acids is 4. The van der Waals surface area contributed by atoms with Crippen LogP contribution in [0.15, 0.2) is 66.7 Å². The highest BCUT2D eigenvalue weighted by Gasteiger charge is 2.43. The number of amides is 4. The molecule has 0 saturated carbocycles. The largest absolute Gasteiger partial charge is 0.271 e. The van der Waals surface area contributed by atoms with Crippen LogP contribution in [0.2, 0.25) is 0 Å². The van der Waals surface area contributed by atoms with Crippen LogP contribution in [0.3, 0.4) is 0 Å². The molecule has 6 nitrogen and oxygen atoms in total. The fourth-order valence-electron chi connectivity index (χ4n) is 9.57. The minimum Gasteiger partial charge on any atom is -0.271 e. The van der Waals surface area contributed by atoms with Crippen LogP contribution in [0.4, 0.5) is 0 Å². The molecule has 0 saturated heterocycles. The summed E-state index contributed by atoms with van der Waals surface area (Å²) in [4.78, 5) is 60.8. The Kier molecular flexibility index (Phi) is 8.16. The minimum absolute atomic E-state index is 0.0433. The molecule has 2 heterocycles. The molecule has 6 heteroatoms. The first-order chi connectivity index (χ1) is 25.8. The van der Waals surface area contributed by atoms with Gasteiger partial charge >= 0.3 is 0 Å².